The van der Waals surface area contributed by atoms with Crippen LogP contribution in [0.3, 0.4) is 0 Å². The molecule has 0 fully saturated rings. The molecule has 0 spiro atoms. The van der Waals surface area contributed by atoms with Crippen molar-refractivity contribution in [3.63, 3.8) is 0 Å². The van der Waals surface area contributed by atoms with Crippen molar-refractivity contribution in [2.75, 3.05) is 7.11 Å². The molecular weight excluding hydrogens is 294 g/mol. The molecule has 5 nitrogen and oxygen atoms in total. The van der Waals surface area contributed by atoms with Crippen molar-refractivity contribution < 1.29 is 19.4 Å². The van der Waals surface area contributed by atoms with Crippen LogP contribution >= 0.6 is 11.6 Å². The lowest BCUT2D eigenvalue weighted by molar-refractivity contribution is 0.0693. The minimum Gasteiger partial charge on any atom is -0.493 e. The summed E-state index contributed by atoms with van der Waals surface area (Å²) in [6.07, 6.45) is 0. The zero-order chi connectivity index (χ0) is 15.4. The zero-order valence-corrected chi connectivity index (χ0v) is 11.7. The quantitative estimate of drug-likeness (QED) is 0.931. The van der Waals surface area contributed by atoms with Gasteiger partial charge in [0, 0.05) is 5.02 Å². The third-order valence-corrected chi connectivity index (χ3v) is 2.94. The number of hydrogen-bond acceptors (Lipinski definition) is 4. The van der Waals surface area contributed by atoms with Crippen LogP contribution in [0, 0.1) is 11.3 Å². The van der Waals surface area contributed by atoms with Crippen LogP contribution < -0.4 is 9.47 Å². The van der Waals surface area contributed by atoms with Crippen molar-refractivity contribution in [2.24, 2.45) is 0 Å². The molecule has 0 aliphatic carbocycles. The van der Waals surface area contributed by atoms with Crippen LogP contribution in [-0.2, 0) is 0 Å². The number of carboxylic acids is 1. The highest BCUT2D eigenvalue weighted by Crippen LogP contribution is 2.36. The van der Waals surface area contributed by atoms with Crippen LogP contribution in [0.2, 0.25) is 5.02 Å². The van der Waals surface area contributed by atoms with Gasteiger partial charge >= 0.3 is 5.97 Å². The largest absolute Gasteiger partial charge is 0.493 e. The number of nitrogens with zero attached hydrogens (tertiary/aromatic N) is 1. The third-order valence-electron chi connectivity index (χ3n) is 2.70. The van der Waals surface area contributed by atoms with E-state index in [1.807, 2.05) is 6.07 Å². The highest BCUT2D eigenvalue weighted by Gasteiger charge is 2.18. The van der Waals surface area contributed by atoms with E-state index in [1.54, 1.807) is 18.2 Å². The van der Waals surface area contributed by atoms with Gasteiger partial charge in [0.15, 0.2) is 11.5 Å². The molecule has 0 aliphatic heterocycles. The summed E-state index contributed by atoms with van der Waals surface area (Å²) in [5, 5.41) is 18.7. The van der Waals surface area contributed by atoms with Crippen molar-refractivity contribution in [3.8, 4) is 23.3 Å². The van der Waals surface area contributed by atoms with E-state index < -0.39 is 5.97 Å². The summed E-state index contributed by atoms with van der Waals surface area (Å²) in [4.78, 5) is 11.3. The number of methoxy groups -OCH3 is 1. The first-order valence-electron chi connectivity index (χ1n) is 5.84. The van der Waals surface area contributed by atoms with Crippen molar-refractivity contribution in [3.05, 3.63) is 52.5 Å². The summed E-state index contributed by atoms with van der Waals surface area (Å²) in [6, 6.07) is 10.9. The molecule has 2 aromatic carbocycles. The number of halogens is 1. The average Bonchev–Trinajstić information content (AvgIpc) is 2.48. The molecule has 0 saturated heterocycles. The van der Waals surface area contributed by atoms with Crippen LogP contribution in [0.1, 0.15) is 15.9 Å². The molecule has 106 valence electrons. The lowest BCUT2D eigenvalue weighted by atomic mass is 10.1. The van der Waals surface area contributed by atoms with E-state index in [0.29, 0.717) is 5.02 Å². The van der Waals surface area contributed by atoms with Crippen molar-refractivity contribution in [2.45, 2.75) is 0 Å². The maximum Gasteiger partial charge on any atom is 0.339 e. The second-order valence-electron chi connectivity index (χ2n) is 4.00. The molecular formula is C15H10ClNO4. The Morgan fingerprint density at radius 1 is 1.29 bits per heavy atom. The predicted molar refractivity (Wildman–Crippen MR) is 76.2 cm³/mol. The van der Waals surface area contributed by atoms with Crippen LogP contribution in [0.4, 0.5) is 0 Å². The van der Waals surface area contributed by atoms with Gasteiger partial charge in [-0.2, -0.15) is 5.26 Å². The average molecular weight is 304 g/mol. The molecule has 0 radical (unpaired) electrons. The van der Waals surface area contributed by atoms with Gasteiger partial charge in [0.25, 0.3) is 0 Å². The van der Waals surface area contributed by atoms with Gasteiger partial charge in [-0.15, -0.1) is 0 Å². The molecule has 0 aliphatic rings. The van der Waals surface area contributed by atoms with Gasteiger partial charge < -0.3 is 14.6 Å². The minimum absolute atomic E-state index is 0.0336. The number of carboxylic acid groups (broad SMARTS) is 1. The highest BCUT2D eigenvalue weighted by molar-refractivity contribution is 6.30. The molecule has 2 rings (SSSR count). The number of benzene rings is 2. The Morgan fingerprint density at radius 3 is 2.67 bits per heavy atom. The summed E-state index contributed by atoms with van der Waals surface area (Å²) < 4.78 is 10.7. The number of carbonyl (C=O) groups is 1. The van der Waals surface area contributed by atoms with E-state index in [4.69, 9.17) is 26.3 Å². The Kier molecular flexibility index (Phi) is 4.31. The molecule has 0 amide bonds. The van der Waals surface area contributed by atoms with Crippen molar-refractivity contribution in [1.29, 1.82) is 5.26 Å². The fraction of sp³-hybridized carbons (Fsp3) is 0.0667. The van der Waals surface area contributed by atoms with E-state index in [9.17, 15) is 9.90 Å². The van der Waals surface area contributed by atoms with Crippen LogP contribution in [-0.4, -0.2) is 18.2 Å². The fourth-order valence-corrected chi connectivity index (χ4v) is 1.91. The number of para-hydroxylation sites is 1. The minimum atomic E-state index is -1.16. The fourth-order valence-electron chi connectivity index (χ4n) is 1.74. The molecule has 21 heavy (non-hydrogen) atoms. The third kappa shape index (κ3) is 3.07. The highest BCUT2D eigenvalue weighted by atomic mass is 35.5. The molecule has 0 heterocycles. The number of hydrogen-bond donors (Lipinski definition) is 1. The Balaban J connectivity index is 2.54. The molecule has 0 bridgehead atoms. The molecule has 6 heteroatoms. The Bertz CT molecular complexity index is 737. The lowest BCUT2D eigenvalue weighted by Gasteiger charge is -2.13. The smallest absolute Gasteiger partial charge is 0.339 e. The van der Waals surface area contributed by atoms with Gasteiger partial charge in [0.2, 0.25) is 0 Å². The van der Waals surface area contributed by atoms with Crippen molar-refractivity contribution >= 4 is 17.6 Å². The second-order valence-corrected chi connectivity index (χ2v) is 4.43. The van der Waals surface area contributed by atoms with Crippen LogP contribution in [0.5, 0.6) is 17.2 Å². The topological polar surface area (TPSA) is 79.6 Å². The standard InChI is InChI=1S/C15H10ClNO4/c1-20-13-4-2-3-11(15(18)19)14(13)21-12-6-5-10(16)7-9(12)8-17/h2-7H,1H3,(H,18,19). The monoisotopic (exact) mass is 303 g/mol. The SMILES string of the molecule is COc1cccc(C(=O)O)c1Oc1ccc(Cl)cc1C#N. The van der Waals surface area contributed by atoms with Gasteiger partial charge in [-0.25, -0.2) is 4.79 Å². The molecule has 0 saturated carbocycles. The predicted octanol–water partition coefficient (Wildman–Crippen LogP) is 3.71. The normalized spacial score (nSPS) is 9.76. The second kappa shape index (κ2) is 6.16. The number of aromatic carboxylic acids is 1. The van der Waals surface area contributed by atoms with Gasteiger partial charge in [-0.1, -0.05) is 17.7 Å². The van der Waals surface area contributed by atoms with Crippen molar-refractivity contribution in [1.82, 2.24) is 0 Å². The van der Waals surface area contributed by atoms with Crippen LogP contribution in [0.15, 0.2) is 36.4 Å². The first-order valence-corrected chi connectivity index (χ1v) is 6.22. The summed E-state index contributed by atoms with van der Waals surface area (Å²) >= 11 is 5.81. The first kappa shape index (κ1) is 14.7. The molecule has 1 N–H and O–H groups in total. The van der Waals surface area contributed by atoms with Gasteiger partial charge in [0.1, 0.15) is 17.4 Å². The lowest BCUT2D eigenvalue weighted by Crippen LogP contribution is -2.02. The van der Waals surface area contributed by atoms with E-state index in [-0.39, 0.29) is 28.4 Å². The van der Waals surface area contributed by atoms with Crippen LogP contribution in [0.25, 0.3) is 0 Å². The summed E-state index contributed by atoms with van der Waals surface area (Å²) in [7, 11) is 1.40. The first-order chi connectivity index (χ1) is 10.1. The Labute approximate surface area is 125 Å². The van der Waals surface area contributed by atoms with E-state index in [0.717, 1.165) is 0 Å². The van der Waals surface area contributed by atoms with E-state index in [1.165, 1.54) is 25.3 Å². The Morgan fingerprint density at radius 2 is 2.05 bits per heavy atom. The number of nitriles is 1. The summed E-state index contributed by atoms with van der Waals surface area (Å²) in [5.41, 5.74) is 0.137. The zero-order valence-electron chi connectivity index (χ0n) is 11.0. The number of rotatable bonds is 4. The van der Waals surface area contributed by atoms with E-state index in [2.05, 4.69) is 0 Å². The van der Waals surface area contributed by atoms with Gasteiger partial charge in [-0.05, 0) is 30.3 Å². The molecule has 2 aromatic rings. The molecule has 0 unspecified atom stereocenters. The van der Waals surface area contributed by atoms with Gasteiger partial charge in [0.05, 0.1) is 12.7 Å². The van der Waals surface area contributed by atoms with Gasteiger partial charge in [-0.3, -0.25) is 0 Å². The Hall–Kier alpha value is -2.71. The molecule has 0 atom stereocenters. The molecule has 0 aromatic heterocycles. The summed E-state index contributed by atoms with van der Waals surface area (Å²) in [6.45, 7) is 0. The maximum atomic E-state index is 11.3. The maximum absolute atomic E-state index is 11.3. The van der Waals surface area contributed by atoms with E-state index >= 15 is 0 Å². The number of ether oxygens (including phenoxy) is 2. The summed E-state index contributed by atoms with van der Waals surface area (Å²) in [5.74, 6) is -0.662.